The van der Waals surface area contributed by atoms with Crippen LogP contribution in [-0.4, -0.2) is 23.9 Å². The van der Waals surface area contributed by atoms with Crippen LogP contribution in [0.2, 0.25) is 0 Å². The average Bonchev–Trinajstić information content (AvgIpc) is 3.12. The Kier molecular flexibility index (Phi) is 5.73. The van der Waals surface area contributed by atoms with Gasteiger partial charge in [-0.05, 0) is 24.3 Å². The van der Waals surface area contributed by atoms with E-state index < -0.39 is 0 Å². The molecule has 0 radical (unpaired) electrons. The minimum atomic E-state index is -0.244. The van der Waals surface area contributed by atoms with Crippen molar-refractivity contribution in [2.75, 3.05) is 17.9 Å². The van der Waals surface area contributed by atoms with Crippen molar-refractivity contribution in [3.8, 4) is 17.0 Å². The number of carbonyl (C=O) groups is 1. The molecule has 0 atom stereocenters. The van der Waals surface area contributed by atoms with Crippen LogP contribution in [0.15, 0.2) is 58.4 Å². The molecule has 2 aromatic carbocycles. The summed E-state index contributed by atoms with van der Waals surface area (Å²) in [6.07, 6.45) is 0. The summed E-state index contributed by atoms with van der Waals surface area (Å²) in [5.74, 6) is 0.283. The fourth-order valence-electron chi connectivity index (χ4n) is 2.29. The maximum absolute atomic E-state index is 12.4. The molecule has 0 spiro atoms. The molecular weight excluding hydrogens is 424 g/mol. The molecule has 0 aliphatic rings. The van der Waals surface area contributed by atoms with E-state index in [9.17, 15) is 4.79 Å². The molecule has 0 saturated carbocycles. The van der Waals surface area contributed by atoms with E-state index in [0.29, 0.717) is 16.6 Å². The monoisotopic (exact) mass is 436 g/mol. The van der Waals surface area contributed by atoms with Crippen molar-refractivity contribution in [2.24, 2.45) is 0 Å². The van der Waals surface area contributed by atoms with Gasteiger partial charge >= 0.3 is 0 Å². The Morgan fingerprint density at radius 1 is 1.28 bits per heavy atom. The predicted molar refractivity (Wildman–Crippen MR) is 106 cm³/mol. The molecule has 25 heavy (non-hydrogen) atoms. The number of rotatable bonds is 5. The quantitative estimate of drug-likeness (QED) is 0.496. The van der Waals surface area contributed by atoms with Crippen LogP contribution in [0.25, 0.3) is 11.3 Å². The van der Waals surface area contributed by atoms with E-state index in [1.54, 1.807) is 13.2 Å². The fourth-order valence-corrected chi connectivity index (χ4v) is 3.54. The Morgan fingerprint density at radius 3 is 2.72 bits per heavy atom. The number of amides is 1. The largest absolute Gasteiger partial charge is 0.497 e. The molecule has 4 nitrogen and oxygen atoms in total. The lowest BCUT2D eigenvalue weighted by Crippen LogP contribution is -2.26. The van der Waals surface area contributed by atoms with Gasteiger partial charge in [0.1, 0.15) is 11.6 Å². The summed E-state index contributed by atoms with van der Waals surface area (Å²) < 4.78 is 6.25. The highest BCUT2D eigenvalue weighted by molar-refractivity contribution is 9.10. The summed E-state index contributed by atoms with van der Waals surface area (Å²) in [4.78, 5) is 18.6. The second-order valence-corrected chi connectivity index (χ2v) is 7.11. The molecule has 1 heterocycles. The fraction of sp³-hybridized carbons (Fsp3) is 0.111. The number of hydrogen-bond donors (Lipinski definition) is 0. The first kappa shape index (κ1) is 17.9. The van der Waals surface area contributed by atoms with Crippen molar-refractivity contribution in [1.29, 1.82) is 0 Å². The number of aromatic nitrogens is 1. The van der Waals surface area contributed by atoms with Crippen LogP contribution in [-0.2, 0) is 4.79 Å². The van der Waals surface area contributed by atoms with Gasteiger partial charge in [-0.2, -0.15) is 0 Å². The molecule has 0 bridgehead atoms. The van der Waals surface area contributed by atoms with E-state index in [0.717, 1.165) is 15.7 Å². The Morgan fingerprint density at radius 2 is 2.04 bits per heavy atom. The molecule has 0 saturated heterocycles. The zero-order valence-corrected chi connectivity index (χ0v) is 16.4. The third kappa shape index (κ3) is 4.03. The highest BCUT2D eigenvalue weighted by Crippen LogP contribution is 2.34. The molecule has 3 aromatic rings. The molecule has 0 N–H and O–H groups in total. The summed E-state index contributed by atoms with van der Waals surface area (Å²) in [6.45, 7) is 0. The van der Waals surface area contributed by atoms with Gasteiger partial charge in [0.05, 0.1) is 18.5 Å². The first-order chi connectivity index (χ1) is 12.1. The van der Waals surface area contributed by atoms with Crippen molar-refractivity contribution >= 4 is 55.6 Å². The third-order valence-electron chi connectivity index (χ3n) is 3.50. The van der Waals surface area contributed by atoms with E-state index in [1.165, 1.54) is 16.2 Å². The lowest BCUT2D eigenvalue weighted by molar-refractivity contribution is -0.115. The Labute approximate surface area is 163 Å². The normalized spacial score (nSPS) is 10.5. The number of alkyl halides is 1. The SMILES string of the molecule is COc1cccc(N(C(=O)CCl)c2nc(-c3ccc(Br)cc3)cs2)c1. The van der Waals surface area contributed by atoms with E-state index >= 15 is 0 Å². The molecule has 0 aliphatic heterocycles. The van der Waals surface area contributed by atoms with Crippen LogP contribution < -0.4 is 9.64 Å². The van der Waals surface area contributed by atoms with Gasteiger partial charge in [-0.1, -0.05) is 34.1 Å². The topological polar surface area (TPSA) is 42.4 Å². The number of halogens is 2. The molecule has 3 rings (SSSR count). The first-order valence-corrected chi connectivity index (χ1v) is 9.57. The smallest absolute Gasteiger partial charge is 0.248 e. The summed E-state index contributed by atoms with van der Waals surface area (Å²) in [6, 6.07) is 15.1. The number of nitrogens with zero attached hydrogens (tertiary/aromatic N) is 2. The van der Waals surface area contributed by atoms with Gasteiger partial charge in [0, 0.05) is 21.5 Å². The second-order valence-electron chi connectivity index (χ2n) is 5.09. The van der Waals surface area contributed by atoms with Gasteiger partial charge in [-0.25, -0.2) is 4.98 Å². The van der Waals surface area contributed by atoms with Crippen molar-refractivity contribution in [3.05, 3.63) is 58.4 Å². The zero-order valence-electron chi connectivity index (χ0n) is 13.3. The maximum Gasteiger partial charge on any atom is 0.248 e. The van der Waals surface area contributed by atoms with E-state index in [4.69, 9.17) is 16.3 Å². The lowest BCUT2D eigenvalue weighted by atomic mass is 10.2. The van der Waals surface area contributed by atoms with Crippen LogP contribution in [0.3, 0.4) is 0 Å². The minimum Gasteiger partial charge on any atom is -0.497 e. The number of benzene rings is 2. The molecule has 1 amide bonds. The Balaban J connectivity index is 2.00. The molecule has 1 aromatic heterocycles. The number of anilines is 2. The number of carbonyl (C=O) groups excluding carboxylic acids is 1. The second kappa shape index (κ2) is 7.99. The number of ether oxygens (including phenoxy) is 1. The maximum atomic E-state index is 12.4. The molecule has 0 unspecified atom stereocenters. The van der Waals surface area contributed by atoms with Crippen molar-refractivity contribution in [2.45, 2.75) is 0 Å². The molecule has 0 aliphatic carbocycles. The van der Waals surface area contributed by atoms with E-state index in [-0.39, 0.29) is 11.8 Å². The number of hydrogen-bond acceptors (Lipinski definition) is 4. The van der Waals surface area contributed by atoms with Gasteiger partial charge in [0.15, 0.2) is 5.13 Å². The molecule has 7 heteroatoms. The predicted octanol–water partition coefficient (Wildman–Crippen LogP) is 5.48. The molecule has 128 valence electrons. The van der Waals surface area contributed by atoms with Gasteiger partial charge in [0.2, 0.25) is 5.91 Å². The summed E-state index contributed by atoms with van der Waals surface area (Å²) in [5, 5.41) is 2.49. The van der Waals surface area contributed by atoms with Crippen LogP contribution >= 0.6 is 38.9 Å². The summed E-state index contributed by atoms with van der Waals surface area (Å²) in [7, 11) is 1.59. The van der Waals surface area contributed by atoms with Gasteiger partial charge in [0.25, 0.3) is 0 Å². The van der Waals surface area contributed by atoms with Gasteiger partial charge in [-0.3, -0.25) is 9.69 Å². The number of thiazole rings is 1. The Hall–Kier alpha value is -1.89. The van der Waals surface area contributed by atoms with Crippen molar-refractivity contribution in [1.82, 2.24) is 4.98 Å². The van der Waals surface area contributed by atoms with Gasteiger partial charge in [-0.15, -0.1) is 22.9 Å². The van der Waals surface area contributed by atoms with Gasteiger partial charge < -0.3 is 4.74 Å². The van der Waals surface area contributed by atoms with Crippen molar-refractivity contribution < 1.29 is 9.53 Å². The van der Waals surface area contributed by atoms with Crippen LogP contribution in [0.1, 0.15) is 0 Å². The average molecular weight is 438 g/mol. The zero-order chi connectivity index (χ0) is 17.8. The summed E-state index contributed by atoms with van der Waals surface area (Å²) in [5.41, 5.74) is 2.46. The van der Waals surface area contributed by atoms with Crippen LogP contribution in [0, 0.1) is 0 Å². The highest BCUT2D eigenvalue weighted by Gasteiger charge is 2.21. The highest BCUT2D eigenvalue weighted by atomic mass is 79.9. The van der Waals surface area contributed by atoms with E-state index in [2.05, 4.69) is 20.9 Å². The third-order valence-corrected chi connectivity index (χ3v) is 5.08. The van der Waals surface area contributed by atoms with Crippen molar-refractivity contribution in [3.63, 3.8) is 0 Å². The Bertz CT molecular complexity index is 883. The minimum absolute atomic E-state index is 0.135. The molecule has 0 fully saturated rings. The van der Waals surface area contributed by atoms with Crippen LogP contribution in [0.5, 0.6) is 5.75 Å². The number of methoxy groups -OCH3 is 1. The summed E-state index contributed by atoms with van der Waals surface area (Å²) >= 11 is 10.6. The standard InChI is InChI=1S/C18H14BrClN2O2S/c1-24-15-4-2-3-14(9-15)22(17(23)10-20)18-21-16(11-25-18)12-5-7-13(19)8-6-12/h2-9,11H,10H2,1H3. The van der Waals surface area contributed by atoms with E-state index in [1.807, 2.05) is 47.8 Å². The molecular formula is C18H14BrClN2O2S. The van der Waals surface area contributed by atoms with Crippen LogP contribution in [0.4, 0.5) is 10.8 Å². The lowest BCUT2D eigenvalue weighted by Gasteiger charge is -2.19. The first-order valence-electron chi connectivity index (χ1n) is 7.37.